The van der Waals surface area contributed by atoms with Crippen LogP contribution in [-0.4, -0.2) is 74.2 Å². The van der Waals surface area contributed by atoms with Crippen LogP contribution in [0.15, 0.2) is 40.9 Å². The molecule has 1 aromatic heterocycles. The van der Waals surface area contributed by atoms with Gasteiger partial charge in [0.25, 0.3) is 11.6 Å². The zero-order valence-electron chi connectivity index (χ0n) is 18.4. The number of anilines is 2. The number of thiazole rings is 1. The number of rotatable bonds is 7. The Bertz CT molecular complexity index is 1180. The van der Waals surface area contributed by atoms with Crippen molar-refractivity contribution in [3.63, 3.8) is 0 Å². The third-order valence-electron chi connectivity index (χ3n) is 5.36. The lowest BCUT2D eigenvalue weighted by atomic mass is 10.1. The molecule has 0 N–H and O–H groups in total. The van der Waals surface area contributed by atoms with Crippen molar-refractivity contribution >= 4 is 59.9 Å². The Morgan fingerprint density at radius 3 is 2.67 bits per heavy atom. The standard InChI is InChI=1S/C22H24BrN5O4S/c1-25(2)7-8-27(22-24-17-5-4-16(23)14-20(17)33-22)21(29)15-3-6-18(19(13-15)28(30)31)26-9-11-32-12-10-26/h3-6,13-14H,7-12H2,1-2H3. The molecule has 2 aromatic carbocycles. The first-order chi connectivity index (χ1) is 15.8. The molecule has 2 heterocycles. The second-order valence-electron chi connectivity index (χ2n) is 7.93. The van der Waals surface area contributed by atoms with Gasteiger partial charge in [0.05, 0.1) is 28.4 Å². The maximum absolute atomic E-state index is 13.6. The first-order valence-corrected chi connectivity index (χ1v) is 12.1. The molecule has 4 rings (SSSR count). The zero-order chi connectivity index (χ0) is 23.5. The summed E-state index contributed by atoms with van der Waals surface area (Å²) >= 11 is 4.89. The summed E-state index contributed by atoms with van der Waals surface area (Å²) in [6.07, 6.45) is 0. The Labute approximate surface area is 203 Å². The van der Waals surface area contributed by atoms with Crippen LogP contribution >= 0.6 is 27.3 Å². The third-order valence-corrected chi connectivity index (χ3v) is 6.89. The maximum atomic E-state index is 13.6. The number of nitrogens with zero attached hydrogens (tertiary/aromatic N) is 5. The second kappa shape index (κ2) is 10.1. The summed E-state index contributed by atoms with van der Waals surface area (Å²) in [7, 11) is 3.86. The molecule has 174 valence electrons. The fourth-order valence-corrected chi connectivity index (χ4v) is 5.16. The van der Waals surface area contributed by atoms with E-state index in [0.29, 0.717) is 50.2 Å². The van der Waals surface area contributed by atoms with Crippen LogP contribution < -0.4 is 9.80 Å². The van der Waals surface area contributed by atoms with Crippen molar-refractivity contribution in [2.24, 2.45) is 0 Å². The smallest absolute Gasteiger partial charge is 0.293 e. The average Bonchev–Trinajstić information content (AvgIpc) is 3.21. The molecule has 0 spiro atoms. The molecule has 1 saturated heterocycles. The molecule has 11 heteroatoms. The average molecular weight is 534 g/mol. The molecule has 1 aliphatic rings. The number of hydrogen-bond acceptors (Lipinski definition) is 8. The van der Waals surface area contributed by atoms with Crippen molar-refractivity contribution in [2.75, 3.05) is 63.3 Å². The molecule has 0 aliphatic carbocycles. The Morgan fingerprint density at radius 2 is 1.97 bits per heavy atom. The van der Waals surface area contributed by atoms with Crippen LogP contribution in [0.3, 0.4) is 0 Å². The number of likely N-dealkylation sites (N-methyl/N-ethyl adjacent to an activating group) is 1. The summed E-state index contributed by atoms with van der Waals surface area (Å²) in [4.78, 5) is 35.1. The molecule has 0 atom stereocenters. The van der Waals surface area contributed by atoms with Crippen LogP contribution in [0.2, 0.25) is 0 Å². The summed E-state index contributed by atoms with van der Waals surface area (Å²) in [5, 5.41) is 12.4. The van der Waals surface area contributed by atoms with Gasteiger partial charge in [0, 0.05) is 42.3 Å². The number of benzene rings is 2. The molecule has 9 nitrogen and oxygen atoms in total. The number of carbonyl (C=O) groups is 1. The second-order valence-corrected chi connectivity index (χ2v) is 9.85. The minimum Gasteiger partial charge on any atom is -0.378 e. The van der Waals surface area contributed by atoms with E-state index in [4.69, 9.17) is 4.74 Å². The van der Waals surface area contributed by atoms with Gasteiger partial charge in [-0.2, -0.15) is 0 Å². The van der Waals surface area contributed by atoms with Crippen LogP contribution in [0.25, 0.3) is 10.2 Å². The lowest BCUT2D eigenvalue weighted by Gasteiger charge is -2.28. The van der Waals surface area contributed by atoms with Crippen LogP contribution in [0, 0.1) is 10.1 Å². The van der Waals surface area contributed by atoms with Crippen molar-refractivity contribution in [2.45, 2.75) is 0 Å². The van der Waals surface area contributed by atoms with E-state index in [1.165, 1.54) is 17.4 Å². The normalized spacial score (nSPS) is 14.1. The topological polar surface area (TPSA) is 92.0 Å². The van der Waals surface area contributed by atoms with Gasteiger partial charge in [-0.1, -0.05) is 27.3 Å². The fraction of sp³-hybridized carbons (Fsp3) is 0.364. The van der Waals surface area contributed by atoms with Gasteiger partial charge in [-0.3, -0.25) is 19.8 Å². The number of amides is 1. The van der Waals surface area contributed by atoms with Crippen LogP contribution in [0.5, 0.6) is 0 Å². The number of morpholine rings is 1. The third kappa shape index (κ3) is 5.32. The van der Waals surface area contributed by atoms with Gasteiger partial charge in [-0.15, -0.1) is 0 Å². The zero-order valence-corrected chi connectivity index (χ0v) is 20.8. The van der Waals surface area contributed by atoms with E-state index in [9.17, 15) is 14.9 Å². The SMILES string of the molecule is CN(C)CCN(C(=O)c1ccc(N2CCOCC2)c([N+](=O)[O-])c1)c1nc2ccc(Br)cc2s1. The number of hydrogen-bond donors (Lipinski definition) is 0. The molecule has 1 aliphatic heterocycles. The largest absolute Gasteiger partial charge is 0.378 e. The van der Waals surface area contributed by atoms with Crippen LogP contribution in [-0.2, 0) is 4.74 Å². The van der Waals surface area contributed by atoms with E-state index in [1.807, 2.05) is 42.1 Å². The summed E-state index contributed by atoms with van der Waals surface area (Å²) in [6.45, 7) is 3.22. The molecule has 3 aromatic rings. The maximum Gasteiger partial charge on any atom is 0.293 e. The minimum atomic E-state index is -0.430. The number of fused-ring (bicyclic) bond motifs is 1. The molecule has 0 bridgehead atoms. The summed E-state index contributed by atoms with van der Waals surface area (Å²) < 4.78 is 7.25. The van der Waals surface area contributed by atoms with E-state index in [1.54, 1.807) is 17.0 Å². The quantitative estimate of drug-likeness (QED) is 0.334. The summed E-state index contributed by atoms with van der Waals surface area (Å²) in [6, 6.07) is 10.5. The highest BCUT2D eigenvalue weighted by Crippen LogP contribution is 2.34. The number of halogens is 1. The van der Waals surface area contributed by atoms with Crippen molar-refractivity contribution in [1.29, 1.82) is 0 Å². The predicted octanol–water partition coefficient (Wildman–Crippen LogP) is 4.01. The van der Waals surface area contributed by atoms with Gasteiger partial charge in [-0.05, 0) is 44.4 Å². The number of carbonyl (C=O) groups excluding carboxylic acids is 1. The molecular weight excluding hydrogens is 510 g/mol. The summed E-state index contributed by atoms with van der Waals surface area (Å²) in [5.74, 6) is -0.313. The van der Waals surface area contributed by atoms with Gasteiger partial charge in [0.2, 0.25) is 0 Å². The van der Waals surface area contributed by atoms with E-state index in [-0.39, 0.29) is 17.2 Å². The Morgan fingerprint density at radius 1 is 1.21 bits per heavy atom. The Kier molecular flexibility index (Phi) is 7.23. The number of nitro groups is 1. The van der Waals surface area contributed by atoms with Crippen LogP contribution in [0.4, 0.5) is 16.5 Å². The highest BCUT2D eigenvalue weighted by molar-refractivity contribution is 9.10. The lowest BCUT2D eigenvalue weighted by Crippen LogP contribution is -2.37. The molecule has 0 saturated carbocycles. The van der Waals surface area contributed by atoms with Gasteiger partial charge in [0.1, 0.15) is 5.69 Å². The van der Waals surface area contributed by atoms with E-state index in [2.05, 4.69) is 20.9 Å². The molecule has 1 amide bonds. The van der Waals surface area contributed by atoms with Gasteiger partial charge >= 0.3 is 0 Å². The fourth-order valence-electron chi connectivity index (χ4n) is 3.62. The monoisotopic (exact) mass is 533 g/mol. The van der Waals surface area contributed by atoms with Gasteiger partial charge < -0.3 is 14.5 Å². The Hall–Kier alpha value is -2.60. The molecule has 33 heavy (non-hydrogen) atoms. The minimum absolute atomic E-state index is 0.0801. The highest BCUT2D eigenvalue weighted by Gasteiger charge is 2.27. The lowest BCUT2D eigenvalue weighted by molar-refractivity contribution is -0.384. The van der Waals surface area contributed by atoms with Crippen molar-refractivity contribution < 1.29 is 14.5 Å². The van der Waals surface area contributed by atoms with Gasteiger partial charge in [0.15, 0.2) is 5.13 Å². The van der Waals surface area contributed by atoms with E-state index < -0.39 is 4.92 Å². The Balaban J connectivity index is 1.70. The highest BCUT2D eigenvalue weighted by atomic mass is 79.9. The molecule has 0 unspecified atom stereocenters. The van der Waals surface area contributed by atoms with E-state index in [0.717, 1.165) is 14.7 Å². The first kappa shape index (κ1) is 23.6. The summed E-state index contributed by atoms with van der Waals surface area (Å²) in [5.41, 5.74) is 1.49. The van der Waals surface area contributed by atoms with E-state index >= 15 is 0 Å². The molecular formula is C22H24BrN5O4S. The number of ether oxygens (including phenoxy) is 1. The van der Waals surface area contributed by atoms with Crippen LogP contribution in [0.1, 0.15) is 10.4 Å². The number of aromatic nitrogens is 1. The van der Waals surface area contributed by atoms with Crippen molar-refractivity contribution in [3.05, 3.63) is 56.5 Å². The number of nitro benzene ring substituents is 1. The molecule has 0 radical (unpaired) electrons. The molecule has 1 fully saturated rings. The first-order valence-electron chi connectivity index (χ1n) is 10.5. The van der Waals surface area contributed by atoms with Crippen molar-refractivity contribution in [3.8, 4) is 0 Å². The van der Waals surface area contributed by atoms with Crippen molar-refractivity contribution in [1.82, 2.24) is 9.88 Å². The predicted molar refractivity (Wildman–Crippen MR) is 134 cm³/mol. The van der Waals surface area contributed by atoms with Gasteiger partial charge in [-0.25, -0.2) is 4.98 Å².